The molecule has 0 aliphatic heterocycles. The lowest BCUT2D eigenvalue weighted by Gasteiger charge is -2.31. The van der Waals surface area contributed by atoms with Gasteiger partial charge in [0.15, 0.2) is 0 Å². The standard InChI is InChI=1S/C15H32N2O/c1-7-10-12-17(13-11-15(4,5)6)14(18)16(8-2)9-3/h7-13H2,1-6H3. The van der Waals surface area contributed by atoms with E-state index in [0.717, 1.165) is 45.4 Å². The van der Waals surface area contributed by atoms with E-state index < -0.39 is 0 Å². The van der Waals surface area contributed by atoms with Gasteiger partial charge in [-0.2, -0.15) is 0 Å². The zero-order chi connectivity index (χ0) is 14.2. The molecule has 0 rings (SSSR count). The molecule has 0 fully saturated rings. The number of hydrogen-bond donors (Lipinski definition) is 0. The summed E-state index contributed by atoms with van der Waals surface area (Å²) in [5, 5.41) is 0. The van der Waals surface area contributed by atoms with Crippen LogP contribution in [0.3, 0.4) is 0 Å². The number of carbonyl (C=O) groups excluding carboxylic acids is 1. The van der Waals surface area contributed by atoms with Crippen molar-refractivity contribution in [1.29, 1.82) is 0 Å². The van der Waals surface area contributed by atoms with Gasteiger partial charge in [-0.05, 0) is 32.1 Å². The molecule has 3 heteroatoms. The van der Waals surface area contributed by atoms with Crippen LogP contribution in [0.5, 0.6) is 0 Å². The minimum absolute atomic E-state index is 0.206. The highest BCUT2D eigenvalue weighted by Crippen LogP contribution is 2.19. The smallest absolute Gasteiger partial charge is 0.319 e. The van der Waals surface area contributed by atoms with Crippen molar-refractivity contribution in [3.63, 3.8) is 0 Å². The van der Waals surface area contributed by atoms with Crippen LogP contribution < -0.4 is 0 Å². The molecule has 0 aliphatic rings. The van der Waals surface area contributed by atoms with Gasteiger partial charge in [-0.25, -0.2) is 4.79 Å². The zero-order valence-electron chi connectivity index (χ0n) is 13.3. The number of amides is 2. The predicted octanol–water partition coefficient (Wildman–Crippen LogP) is 3.99. The Labute approximate surface area is 114 Å². The number of nitrogens with zero attached hydrogens (tertiary/aromatic N) is 2. The lowest BCUT2D eigenvalue weighted by molar-refractivity contribution is 0.149. The van der Waals surface area contributed by atoms with Gasteiger partial charge in [-0.1, -0.05) is 34.1 Å². The Morgan fingerprint density at radius 2 is 1.50 bits per heavy atom. The second-order valence-electron chi connectivity index (χ2n) is 6.11. The van der Waals surface area contributed by atoms with Gasteiger partial charge in [0.2, 0.25) is 0 Å². The Bertz CT molecular complexity index is 229. The molecule has 0 radical (unpaired) electrons. The first-order chi connectivity index (χ1) is 8.35. The molecule has 0 aliphatic carbocycles. The minimum Gasteiger partial charge on any atom is -0.325 e. The molecule has 2 amide bonds. The molecular weight excluding hydrogens is 224 g/mol. The molecule has 0 aromatic rings. The van der Waals surface area contributed by atoms with Crippen molar-refractivity contribution in [2.24, 2.45) is 5.41 Å². The van der Waals surface area contributed by atoms with Gasteiger partial charge < -0.3 is 9.80 Å². The first-order valence-corrected chi connectivity index (χ1v) is 7.39. The molecule has 18 heavy (non-hydrogen) atoms. The van der Waals surface area contributed by atoms with Crippen molar-refractivity contribution >= 4 is 6.03 Å². The largest absolute Gasteiger partial charge is 0.325 e. The van der Waals surface area contributed by atoms with Crippen LogP contribution in [-0.2, 0) is 0 Å². The lowest BCUT2D eigenvalue weighted by atomic mass is 9.92. The van der Waals surface area contributed by atoms with Gasteiger partial charge >= 0.3 is 6.03 Å². The molecule has 0 unspecified atom stereocenters. The first-order valence-electron chi connectivity index (χ1n) is 7.39. The zero-order valence-corrected chi connectivity index (χ0v) is 13.3. The van der Waals surface area contributed by atoms with Crippen molar-refractivity contribution in [2.75, 3.05) is 26.2 Å². The van der Waals surface area contributed by atoms with Gasteiger partial charge in [0.05, 0.1) is 0 Å². The summed E-state index contributed by atoms with van der Waals surface area (Å²) in [5.74, 6) is 0. The SMILES string of the molecule is CCCCN(CCC(C)(C)C)C(=O)N(CC)CC. The van der Waals surface area contributed by atoms with Gasteiger partial charge in [0.1, 0.15) is 0 Å². The fourth-order valence-electron chi connectivity index (χ4n) is 1.82. The van der Waals surface area contributed by atoms with Gasteiger partial charge in [0.25, 0.3) is 0 Å². The molecule has 0 heterocycles. The van der Waals surface area contributed by atoms with Crippen LogP contribution in [0, 0.1) is 5.41 Å². The molecule has 0 spiro atoms. The van der Waals surface area contributed by atoms with Crippen LogP contribution >= 0.6 is 0 Å². The van der Waals surface area contributed by atoms with Crippen LogP contribution in [0.4, 0.5) is 4.79 Å². The van der Waals surface area contributed by atoms with E-state index in [1.54, 1.807) is 0 Å². The van der Waals surface area contributed by atoms with Gasteiger partial charge in [0, 0.05) is 26.2 Å². The van der Waals surface area contributed by atoms with Crippen LogP contribution in [0.1, 0.15) is 60.8 Å². The summed E-state index contributed by atoms with van der Waals surface area (Å²) >= 11 is 0. The van der Waals surface area contributed by atoms with Crippen molar-refractivity contribution < 1.29 is 4.79 Å². The Morgan fingerprint density at radius 1 is 0.944 bits per heavy atom. The van der Waals surface area contributed by atoms with Gasteiger partial charge in [-0.3, -0.25) is 0 Å². The molecule has 3 nitrogen and oxygen atoms in total. The van der Waals surface area contributed by atoms with Crippen LogP contribution in [0.25, 0.3) is 0 Å². The second-order valence-corrected chi connectivity index (χ2v) is 6.11. The Kier molecular flexibility index (Phi) is 8.05. The van der Waals surface area contributed by atoms with Crippen LogP contribution in [-0.4, -0.2) is 42.0 Å². The molecule has 0 atom stereocenters. The fraction of sp³-hybridized carbons (Fsp3) is 0.933. The van der Waals surface area contributed by atoms with Gasteiger partial charge in [-0.15, -0.1) is 0 Å². The third kappa shape index (κ3) is 6.87. The van der Waals surface area contributed by atoms with E-state index in [1.165, 1.54) is 0 Å². The highest BCUT2D eigenvalue weighted by atomic mass is 16.2. The van der Waals surface area contributed by atoms with Crippen molar-refractivity contribution in [3.05, 3.63) is 0 Å². The molecule has 0 N–H and O–H groups in total. The monoisotopic (exact) mass is 256 g/mol. The normalized spacial score (nSPS) is 11.4. The minimum atomic E-state index is 0.206. The summed E-state index contributed by atoms with van der Waals surface area (Å²) in [6.45, 7) is 16.3. The molecule has 108 valence electrons. The topological polar surface area (TPSA) is 23.6 Å². The average molecular weight is 256 g/mol. The number of hydrogen-bond acceptors (Lipinski definition) is 1. The molecule has 0 saturated heterocycles. The Balaban J connectivity index is 4.50. The van der Waals surface area contributed by atoms with E-state index in [0.29, 0.717) is 0 Å². The van der Waals surface area contributed by atoms with E-state index in [1.807, 2.05) is 23.6 Å². The Hall–Kier alpha value is -0.730. The fourth-order valence-corrected chi connectivity index (χ4v) is 1.82. The van der Waals surface area contributed by atoms with E-state index >= 15 is 0 Å². The van der Waals surface area contributed by atoms with Crippen LogP contribution in [0.2, 0.25) is 0 Å². The van der Waals surface area contributed by atoms with E-state index in [4.69, 9.17) is 0 Å². The molecular formula is C15H32N2O. The number of unbranched alkanes of at least 4 members (excludes halogenated alkanes) is 1. The van der Waals surface area contributed by atoms with Crippen LogP contribution in [0.15, 0.2) is 0 Å². The molecule has 0 aromatic carbocycles. The lowest BCUT2D eigenvalue weighted by Crippen LogP contribution is -2.44. The number of carbonyl (C=O) groups is 1. The van der Waals surface area contributed by atoms with Crippen molar-refractivity contribution in [1.82, 2.24) is 9.80 Å². The quantitative estimate of drug-likeness (QED) is 0.675. The third-order valence-electron chi connectivity index (χ3n) is 3.22. The van der Waals surface area contributed by atoms with E-state index in [-0.39, 0.29) is 11.4 Å². The Morgan fingerprint density at radius 3 is 1.89 bits per heavy atom. The third-order valence-corrected chi connectivity index (χ3v) is 3.22. The number of rotatable bonds is 7. The highest BCUT2D eigenvalue weighted by molar-refractivity contribution is 5.74. The summed E-state index contributed by atoms with van der Waals surface area (Å²) in [6.07, 6.45) is 3.29. The summed E-state index contributed by atoms with van der Waals surface area (Å²) in [5.41, 5.74) is 0.286. The van der Waals surface area contributed by atoms with E-state index in [2.05, 4.69) is 27.7 Å². The highest BCUT2D eigenvalue weighted by Gasteiger charge is 2.20. The predicted molar refractivity (Wildman–Crippen MR) is 78.9 cm³/mol. The second kappa shape index (κ2) is 8.39. The van der Waals surface area contributed by atoms with Crippen molar-refractivity contribution in [2.45, 2.75) is 60.8 Å². The summed E-state index contributed by atoms with van der Waals surface area (Å²) in [4.78, 5) is 16.3. The summed E-state index contributed by atoms with van der Waals surface area (Å²) in [6, 6.07) is 0.206. The maximum Gasteiger partial charge on any atom is 0.319 e. The maximum absolute atomic E-state index is 12.4. The molecule has 0 bridgehead atoms. The summed E-state index contributed by atoms with van der Waals surface area (Å²) < 4.78 is 0. The molecule has 0 aromatic heterocycles. The van der Waals surface area contributed by atoms with Crippen molar-refractivity contribution in [3.8, 4) is 0 Å². The average Bonchev–Trinajstić information content (AvgIpc) is 2.29. The summed E-state index contributed by atoms with van der Waals surface area (Å²) in [7, 11) is 0. The maximum atomic E-state index is 12.4. The molecule has 0 saturated carbocycles. The van der Waals surface area contributed by atoms with E-state index in [9.17, 15) is 4.79 Å². The first kappa shape index (κ1) is 17.3. The number of urea groups is 1.